The molecule has 0 atom stereocenters. The number of benzene rings is 1. The fraction of sp³-hybridized carbons (Fsp3) is 0.278. The van der Waals surface area contributed by atoms with Gasteiger partial charge in [0.2, 0.25) is 0 Å². The van der Waals surface area contributed by atoms with Gasteiger partial charge >= 0.3 is 11.9 Å². The number of thiophene rings is 1. The molecule has 0 aliphatic carbocycles. The molecule has 12 heteroatoms. The van der Waals surface area contributed by atoms with Crippen molar-refractivity contribution in [3.63, 3.8) is 0 Å². The van der Waals surface area contributed by atoms with Gasteiger partial charge < -0.3 is 20.1 Å². The van der Waals surface area contributed by atoms with Crippen molar-refractivity contribution in [2.45, 2.75) is 20.8 Å². The molecule has 1 aromatic heterocycles. The van der Waals surface area contributed by atoms with E-state index in [1.54, 1.807) is 20.8 Å². The van der Waals surface area contributed by atoms with Crippen LogP contribution >= 0.6 is 23.6 Å². The van der Waals surface area contributed by atoms with Crippen LogP contribution in [0.3, 0.4) is 0 Å². The Balaban J connectivity index is 2.36. The zero-order chi connectivity index (χ0) is 22.4. The van der Waals surface area contributed by atoms with Gasteiger partial charge in [0.05, 0.1) is 29.8 Å². The van der Waals surface area contributed by atoms with E-state index >= 15 is 0 Å². The highest BCUT2D eigenvalue weighted by Crippen LogP contribution is 2.35. The molecule has 0 aliphatic rings. The number of anilines is 2. The molecule has 0 aliphatic heterocycles. The first-order chi connectivity index (χ1) is 14.2. The van der Waals surface area contributed by atoms with Gasteiger partial charge in [0, 0.05) is 0 Å². The molecule has 0 radical (unpaired) electrons. The molecule has 0 amide bonds. The highest BCUT2D eigenvalue weighted by Gasteiger charge is 2.27. The first-order valence-electron chi connectivity index (χ1n) is 8.69. The maximum absolute atomic E-state index is 13.3. The van der Waals surface area contributed by atoms with E-state index in [-0.39, 0.29) is 39.5 Å². The van der Waals surface area contributed by atoms with Crippen molar-refractivity contribution in [3.8, 4) is 0 Å². The zero-order valence-corrected chi connectivity index (χ0v) is 17.9. The summed E-state index contributed by atoms with van der Waals surface area (Å²) in [6.45, 7) is 5.13. The number of esters is 2. The van der Waals surface area contributed by atoms with E-state index in [9.17, 15) is 24.1 Å². The monoisotopic (exact) mass is 455 g/mol. The summed E-state index contributed by atoms with van der Waals surface area (Å²) in [6, 6.07) is 2.96. The number of rotatable bonds is 7. The van der Waals surface area contributed by atoms with E-state index in [0.717, 1.165) is 29.5 Å². The van der Waals surface area contributed by atoms with Gasteiger partial charge in [0.15, 0.2) is 5.11 Å². The SMILES string of the molecule is CCOC(=O)c1sc(NC(=S)Nc2ccc(F)cc2[N+](=O)[O-])c(C(=O)OCC)c1C. The third kappa shape index (κ3) is 5.27. The first kappa shape index (κ1) is 23.2. The van der Waals surface area contributed by atoms with Crippen molar-refractivity contribution in [1.82, 2.24) is 0 Å². The second-order valence-electron chi connectivity index (χ2n) is 5.70. The van der Waals surface area contributed by atoms with Crippen LogP contribution in [-0.2, 0) is 9.47 Å². The largest absolute Gasteiger partial charge is 0.462 e. The summed E-state index contributed by atoms with van der Waals surface area (Å²) in [4.78, 5) is 35.2. The molecular weight excluding hydrogens is 437 g/mol. The zero-order valence-electron chi connectivity index (χ0n) is 16.2. The number of hydrogen-bond acceptors (Lipinski definition) is 8. The van der Waals surface area contributed by atoms with E-state index in [1.807, 2.05) is 0 Å². The molecule has 0 saturated heterocycles. The topological polar surface area (TPSA) is 120 Å². The number of hydrogen-bond donors (Lipinski definition) is 2. The summed E-state index contributed by atoms with van der Waals surface area (Å²) in [7, 11) is 0. The molecule has 0 spiro atoms. The van der Waals surface area contributed by atoms with Gasteiger partial charge in [-0.25, -0.2) is 14.0 Å². The van der Waals surface area contributed by atoms with Crippen LogP contribution in [0, 0.1) is 22.9 Å². The van der Waals surface area contributed by atoms with E-state index < -0.39 is 28.4 Å². The van der Waals surface area contributed by atoms with Gasteiger partial charge in [-0.05, 0) is 50.7 Å². The number of nitro benzene ring substituents is 1. The maximum atomic E-state index is 13.3. The second-order valence-corrected chi connectivity index (χ2v) is 7.13. The molecular formula is C18H18FN3O6S2. The smallest absolute Gasteiger partial charge is 0.348 e. The lowest BCUT2D eigenvalue weighted by molar-refractivity contribution is -0.384. The number of nitrogens with one attached hydrogen (secondary N) is 2. The van der Waals surface area contributed by atoms with Crippen LogP contribution in [0.1, 0.15) is 39.4 Å². The molecule has 0 saturated carbocycles. The predicted molar refractivity (Wildman–Crippen MR) is 114 cm³/mol. The molecule has 30 heavy (non-hydrogen) atoms. The Morgan fingerprint density at radius 1 is 1.20 bits per heavy atom. The lowest BCUT2D eigenvalue weighted by Gasteiger charge is -2.11. The van der Waals surface area contributed by atoms with Crippen LogP contribution in [0.25, 0.3) is 0 Å². The minimum atomic E-state index is -0.774. The molecule has 0 fully saturated rings. The minimum absolute atomic E-state index is 0.0459. The average molecular weight is 455 g/mol. The van der Waals surface area contributed by atoms with E-state index in [0.29, 0.717) is 5.56 Å². The molecule has 160 valence electrons. The van der Waals surface area contributed by atoms with Crippen molar-refractivity contribution in [1.29, 1.82) is 0 Å². The summed E-state index contributed by atoms with van der Waals surface area (Å²) < 4.78 is 23.4. The van der Waals surface area contributed by atoms with Crippen LogP contribution in [0.2, 0.25) is 0 Å². The Hall–Kier alpha value is -3.12. The molecule has 1 heterocycles. The number of nitrogens with zero attached hydrogens (tertiary/aromatic N) is 1. The van der Waals surface area contributed by atoms with Crippen LogP contribution in [0.15, 0.2) is 18.2 Å². The molecule has 9 nitrogen and oxygen atoms in total. The number of carbonyl (C=O) groups is 2. The molecule has 0 bridgehead atoms. The van der Waals surface area contributed by atoms with Crippen LogP contribution in [-0.4, -0.2) is 35.2 Å². The molecule has 2 aromatic rings. The average Bonchev–Trinajstić information content (AvgIpc) is 2.99. The molecule has 1 aromatic carbocycles. The minimum Gasteiger partial charge on any atom is -0.462 e. The highest BCUT2D eigenvalue weighted by atomic mass is 32.1. The van der Waals surface area contributed by atoms with E-state index in [1.165, 1.54) is 0 Å². The molecule has 2 rings (SSSR count). The molecule has 0 unspecified atom stereocenters. The van der Waals surface area contributed by atoms with Gasteiger partial charge in [0.1, 0.15) is 21.4 Å². The summed E-state index contributed by atoms with van der Waals surface area (Å²) in [5, 5.41) is 16.6. The third-order valence-corrected chi connectivity index (χ3v) is 5.11. The van der Waals surface area contributed by atoms with Crippen LogP contribution < -0.4 is 10.6 Å². The van der Waals surface area contributed by atoms with Gasteiger partial charge in [-0.2, -0.15) is 0 Å². The van der Waals surface area contributed by atoms with Crippen molar-refractivity contribution in [3.05, 3.63) is 50.1 Å². The molecule has 2 N–H and O–H groups in total. The fourth-order valence-corrected chi connectivity index (χ4v) is 3.83. The van der Waals surface area contributed by atoms with Crippen molar-refractivity contribution in [2.24, 2.45) is 0 Å². The fourth-order valence-electron chi connectivity index (χ4n) is 2.46. The standard InChI is InChI=1S/C18H18FN3O6S2/c1-4-27-16(23)13-9(3)14(17(24)28-5-2)30-15(13)21-18(29)20-11-7-6-10(19)8-12(11)22(25)26/h6-8H,4-5H2,1-3H3,(H2,20,21,29). The Morgan fingerprint density at radius 2 is 1.83 bits per heavy atom. The normalized spacial score (nSPS) is 10.3. The lowest BCUT2D eigenvalue weighted by Crippen LogP contribution is -2.21. The Morgan fingerprint density at radius 3 is 2.43 bits per heavy atom. The van der Waals surface area contributed by atoms with Gasteiger partial charge in [-0.1, -0.05) is 0 Å². The van der Waals surface area contributed by atoms with E-state index in [4.69, 9.17) is 21.7 Å². The second kappa shape index (κ2) is 10.1. The van der Waals surface area contributed by atoms with Gasteiger partial charge in [0.25, 0.3) is 5.69 Å². The van der Waals surface area contributed by atoms with Crippen LogP contribution in [0.5, 0.6) is 0 Å². The summed E-state index contributed by atoms with van der Waals surface area (Å²) in [5.41, 5.74) is -0.104. The van der Waals surface area contributed by atoms with Crippen LogP contribution in [0.4, 0.5) is 20.8 Å². The summed E-state index contributed by atoms with van der Waals surface area (Å²) in [6.07, 6.45) is 0. The number of ether oxygens (including phenoxy) is 2. The summed E-state index contributed by atoms with van der Waals surface area (Å²) >= 11 is 6.11. The number of halogens is 1. The van der Waals surface area contributed by atoms with Crippen molar-refractivity contribution in [2.75, 3.05) is 23.8 Å². The van der Waals surface area contributed by atoms with Crippen molar-refractivity contribution >= 4 is 57.0 Å². The maximum Gasteiger partial charge on any atom is 0.348 e. The predicted octanol–water partition coefficient (Wildman–Crippen LogP) is 4.27. The van der Waals surface area contributed by atoms with E-state index in [2.05, 4.69) is 10.6 Å². The lowest BCUT2D eigenvalue weighted by atomic mass is 10.1. The third-order valence-electron chi connectivity index (χ3n) is 3.72. The number of thiocarbonyl (C=S) groups is 1. The van der Waals surface area contributed by atoms with Gasteiger partial charge in [-0.15, -0.1) is 11.3 Å². The first-order valence-corrected chi connectivity index (χ1v) is 9.91. The van der Waals surface area contributed by atoms with Gasteiger partial charge in [-0.3, -0.25) is 10.1 Å². The highest BCUT2D eigenvalue weighted by molar-refractivity contribution is 7.80. The van der Waals surface area contributed by atoms with Crippen molar-refractivity contribution < 1.29 is 28.4 Å². The number of nitro groups is 1. The quantitative estimate of drug-likeness (QED) is 0.273. The summed E-state index contributed by atoms with van der Waals surface area (Å²) in [5.74, 6) is -2.05. The Kier molecular flexibility index (Phi) is 7.78. The number of carbonyl (C=O) groups excluding carboxylic acids is 2. The Bertz CT molecular complexity index is 1010. The Labute approximate surface area is 180 Å².